The van der Waals surface area contributed by atoms with E-state index >= 15 is 0 Å². The number of thioether (sulfide) groups is 1. The Bertz CT molecular complexity index is 892. The lowest BCUT2D eigenvalue weighted by molar-refractivity contribution is -0.136. The van der Waals surface area contributed by atoms with Crippen molar-refractivity contribution in [2.75, 3.05) is 20.0 Å². The first-order chi connectivity index (χ1) is 13.6. The summed E-state index contributed by atoms with van der Waals surface area (Å²) in [6.45, 7) is 2.09. The van der Waals surface area contributed by atoms with Crippen molar-refractivity contribution in [2.24, 2.45) is 0 Å². The van der Waals surface area contributed by atoms with Crippen LogP contribution < -0.4 is 15.4 Å². The quantitative estimate of drug-likeness (QED) is 0.573. The molecule has 0 aromatic heterocycles. The zero-order chi connectivity index (χ0) is 20.1. The maximum absolute atomic E-state index is 12.6. The van der Waals surface area contributed by atoms with Crippen molar-refractivity contribution in [1.82, 2.24) is 10.6 Å². The molecule has 2 aromatic rings. The smallest absolute Gasteiger partial charge is 0.338 e. The lowest BCUT2D eigenvalue weighted by atomic mass is 9.92. The van der Waals surface area contributed by atoms with Gasteiger partial charge >= 0.3 is 12.0 Å². The number of esters is 1. The molecule has 1 atom stereocenters. The molecule has 1 aliphatic heterocycles. The van der Waals surface area contributed by atoms with E-state index in [1.54, 1.807) is 43.1 Å². The molecule has 28 heavy (non-hydrogen) atoms. The van der Waals surface area contributed by atoms with Gasteiger partial charge in [-0.25, -0.2) is 9.59 Å². The first-order valence-electron chi connectivity index (χ1n) is 8.84. The minimum atomic E-state index is -0.612. The average molecular weight is 398 g/mol. The maximum atomic E-state index is 12.6. The fourth-order valence-corrected chi connectivity index (χ4v) is 3.71. The summed E-state index contributed by atoms with van der Waals surface area (Å²) in [5.74, 6) is 1.15. The monoisotopic (exact) mass is 398 g/mol. The van der Waals surface area contributed by atoms with Gasteiger partial charge in [0, 0.05) is 4.90 Å². The highest BCUT2D eigenvalue weighted by molar-refractivity contribution is 7.99. The van der Waals surface area contributed by atoms with Crippen LogP contribution in [0.25, 0.3) is 5.70 Å². The molecule has 146 valence electrons. The maximum Gasteiger partial charge on any atom is 0.338 e. The first kappa shape index (κ1) is 19.8. The highest BCUT2D eigenvalue weighted by atomic mass is 32.2. The number of hydrogen-bond acceptors (Lipinski definition) is 5. The number of methoxy groups -OCH3 is 2. The van der Waals surface area contributed by atoms with Crippen LogP contribution in [0.2, 0.25) is 0 Å². The third-order valence-corrected chi connectivity index (χ3v) is 5.27. The summed E-state index contributed by atoms with van der Waals surface area (Å²) in [7, 11) is 2.91. The lowest BCUT2D eigenvalue weighted by Crippen LogP contribution is -2.45. The van der Waals surface area contributed by atoms with Crippen LogP contribution in [-0.4, -0.2) is 32.0 Å². The minimum Gasteiger partial charge on any atom is -0.497 e. The Morgan fingerprint density at radius 3 is 2.32 bits per heavy atom. The van der Waals surface area contributed by atoms with Gasteiger partial charge in [-0.1, -0.05) is 19.1 Å². The molecule has 0 aliphatic carbocycles. The number of carbonyl (C=O) groups is 2. The molecule has 0 fully saturated rings. The molecule has 0 spiro atoms. The van der Waals surface area contributed by atoms with E-state index in [2.05, 4.69) is 17.6 Å². The number of ether oxygens (including phenoxy) is 2. The number of amides is 2. The third-order valence-electron chi connectivity index (χ3n) is 4.38. The Kier molecular flexibility index (Phi) is 6.26. The molecule has 1 heterocycles. The van der Waals surface area contributed by atoms with E-state index in [0.29, 0.717) is 22.6 Å². The molecule has 2 amide bonds. The van der Waals surface area contributed by atoms with Gasteiger partial charge in [-0.3, -0.25) is 0 Å². The van der Waals surface area contributed by atoms with Crippen molar-refractivity contribution in [1.29, 1.82) is 0 Å². The summed E-state index contributed by atoms with van der Waals surface area (Å²) in [4.78, 5) is 26.1. The number of carbonyl (C=O) groups excluding carboxylic acids is 2. The molecule has 7 heteroatoms. The van der Waals surface area contributed by atoms with Crippen LogP contribution in [0.15, 0.2) is 59.0 Å². The van der Waals surface area contributed by atoms with E-state index in [9.17, 15) is 9.59 Å². The van der Waals surface area contributed by atoms with Gasteiger partial charge in [0.25, 0.3) is 0 Å². The highest BCUT2D eigenvalue weighted by Crippen LogP contribution is 2.33. The van der Waals surface area contributed by atoms with Gasteiger partial charge in [-0.2, -0.15) is 0 Å². The summed E-state index contributed by atoms with van der Waals surface area (Å²) in [5.41, 5.74) is 2.28. The summed E-state index contributed by atoms with van der Waals surface area (Å²) < 4.78 is 10.2. The number of nitrogens with one attached hydrogen (secondary N) is 2. The standard InChI is InChI=1S/C21H22N2O4S/c1-4-28-16-11-7-14(8-12-16)19-17(20(24)27-3)18(22-21(25)23-19)13-5-9-15(26-2)10-6-13/h5-12,19H,4H2,1-3H3,(H2,22,23,25). The molecule has 1 unspecified atom stereocenters. The average Bonchev–Trinajstić information content (AvgIpc) is 2.73. The Morgan fingerprint density at radius 2 is 1.75 bits per heavy atom. The molecule has 3 rings (SSSR count). The Balaban J connectivity index is 2.08. The van der Waals surface area contributed by atoms with Crippen molar-refractivity contribution in [2.45, 2.75) is 17.9 Å². The molecule has 0 radical (unpaired) electrons. The molecule has 1 aliphatic rings. The number of rotatable bonds is 6. The molecule has 6 nitrogen and oxygen atoms in total. The Labute approximate surface area is 168 Å². The second-order valence-electron chi connectivity index (χ2n) is 6.04. The Morgan fingerprint density at radius 1 is 1.07 bits per heavy atom. The number of urea groups is 1. The van der Waals surface area contributed by atoms with E-state index in [1.165, 1.54) is 7.11 Å². The molecule has 0 saturated carbocycles. The van der Waals surface area contributed by atoms with Gasteiger partial charge in [0.2, 0.25) is 0 Å². The van der Waals surface area contributed by atoms with Crippen molar-refractivity contribution in [3.05, 3.63) is 65.2 Å². The van der Waals surface area contributed by atoms with E-state index in [0.717, 1.165) is 16.2 Å². The molecule has 0 bridgehead atoms. The topological polar surface area (TPSA) is 76.7 Å². The zero-order valence-corrected chi connectivity index (χ0v) is 16.8. The highest BCUT2D eigenvalue weighted by Gasteiger charge is 2.34. The fraction of sp³-hybridized carbons (Fsp3) is 0.238. The van der Waals surface area contributed by atoms with Crippen molar-refractivity contribution in [3.63, 3.8) is 0 Å². The predicted molar refractivity (Wildman–Crippen MR) is 109 cm³/mol. The molecular formula is C21H22N2O4S. The van der Waals surface area contributed by atoms with E-state index in [-0.39, 0.29) is 6.03 Å². The summed E-state index contributed by atoms with van der Waals surface area (Å²) >= 11 is 1.73. The van der Waals surface area contributed by atoms with Gasteiger partial charge in [-0.15, -0.1) is 11.8 Å². The molecule has 2 aromatic carbocycles. The second kappa shape index (κ2) is 8.84. The van der Waals surface area contributed by atoms with Crippen LogP contribution in [0.3, 0.4) is 0 Å². The van der Waals surface area contributed by atoms with Crippen molar-refractivity contribution >= 4 is 29.5 Å². The van der Waals surface area contributed by atoms with Gasteiger partial charge < -0.3 is 20.1 Å². The molecular weight excluding hydrogens is 376 g/mol. The van der Waals surface area contributed by atoms with Gasteiger partial charge in [0.1, 0.15) is 5.75 Å². The van der Waals surface area contributed by atoms with Crippen molar-refractivity contribution < 1.29 is 19.1 Å². The van der Waals surface area contributed by atoms with Crippen LogP contribution >= 0.6 is 11.8 Å². The number of hydrogen-bond donors (Lipinski definition) is 2. The minimum absolute atomic E-state index is 0.350. The Hall–Kier alpha value is -2.93. The van der Waals surface area contributed by atoms with Gasteiger partial charge in [0.05, 0.1) is 31.5 Å². The van der Waals surface area contributed by atoms with Gasteiger partial charge in [0.15, 0.2) is 0 Å². The summed E-state index contributed by atoms with van der Waals surface area (Å²) in [5, 5.41) is 5.58. The SMILES string of the molecule is CCSc1ccc(C2NC(=O)NC(c3ccc(OC)cc3)=C2C(=O)OC)cc1. The number of benzene rings is 2. The molecule has 0 saturated heterocycles. The van der Waals surface area contributed by atoms with Crippen LogP contribution in [0.5, 0.6) is 5.75 Å². The first-order valence-corrected chi connectivity index (χ1v) is 9.83. The van der Waals surface area contributed by atoms with Crippen LogP contribution in [0.1, 0.15) is 24.1 Å². The van der Waals surface area contributed by atoms with E-state index in [1.807, 2.05) is 24.3 Å². The van der Waals surface area contributed by atoms with Crippen LogP contribution in [-0.2, 0) is 9.53 Å². The van der Waals surface area contributed by atoms with Gasteiger partial charge in [-0.05, 0) is 53.3 Å². The van der Waals surface area contributed by atoms with E-state index in [4.69, 9.17) is 9.47 Å². The third kappa shape index (κ3) is 4.14. The normalized spacial score (nSPS) is 16.2. The van der Waals surface area contributed by atoms with Crippen molar-refractivity contribution in [3.8, 4) is 5.75 Å². The molecule has 2 N–H and O–H groups in total. The predicted octanol–water partition coefficient (Wildman–Crippen LogP) is 3.75. The van der Waals surface area contributed by atoms with E-state index < -0.39 is 12.0 Å². The second-order valence-corrected chi connectivity index (χ2v) is 7.38. The largest absolute Gasteiger partial charge is 0.497 e. The summed E-state index contributed by atoms with van der Waals surface area (Å²) in [6.07, 6.45) is 0. The zero-order valence-electron chi connectivity index (χ0n) is 15.9. The van der Waals surface area contributed by atoms with Crippen LogP contribution in [0, 0.1) is 0 Å². The fourth-order valence-electron chi connectivity index (χ4n) is 3.05. The van der Waals surface area contributed by atoms with Crippen LogP contribution in [0.4, 0.5) is 4.79 Å². The lowest BCUT2D eigenvalue weighted by Gasteiger charge is -2.29. The summed E-state index contributed by atoms with van der Waals surface area (Å²) in [6, 6.07) is 14.0.